The molecule has 0 amide bonds. The van der Waals surface area contributed by atoms with Gasteiger partial charge in [-0.25, -0.2) is 14.4 Å². The molecular weight excluding hydrogens is 338 g/mol. The van der Waals surface area contributed by atoms with Crippen LogP contribution in [0.4, 0.5) is 0 Å². The quantitative estimate of drug-likeness (QED) is 0.560. The van der Waals surface area contributed by atoms with Gasteiger partial charge >= 0.3 is 0 Å². The van der Waals surface area contributed by atoms with Gasteiger partial charge in [0.25, 0.3) is 5.56 Å². The first-order valence-electron chi connectivity index (χ1n) is 9.12. The van der Waals surface area contributed by atoms with E-state index >= 15 is 0 Å². The number of hydrogen-bond acceptors (Lipinski definition) is 3. The molecule has 0 bridgehead atoms. The molecule has 0 radical (unpaired) electrons. The molecular formula is C21H23N5O. The van der Waals surface area contributed by atoms with Gasteiger partial charge in [0, 0.05) is 13.6 Å². The number of nitrogens with zero attached hydrogens (tertiary/aromatic N) is 5. The Labute approximate surface area is 157 Å². The number of hydrogen-bond donors (Lipinski definition) is 0. The van der Waals surface area contributed by atoms with Crippen molar-refractivity contribution in [3.05, 3.63) is 70.0 Å². The van der Waals surface area contributed by atoms with Gasteiger partial charge in [-0.05, 0) is 24.5 Å². The molecule has 0 saturated heterocycles. The molecule has 138 valence electrons. The summed E-state index contributed by atoms with van der Waals surface area (Å²) in [6.07, 6.45) is 5.81. The number of imidazole rings is 2. The molecule has 6 heteroatoms. The molecule has 1 aromatic carbocycles. The standard InChI is InChI=1S/C21H23N5O/c1-14(2)10-11-17-15(3)26-20(27)18-19(24(4)21(26)23-17)22-13-25(18)12-16-8-6-5-7-9-16/h5-11,13-14H,12H2,1-4H3/b11-10+. The molecule has 6 nitrogen and oxygen atoms in total. The van der Waals surface area contributed by atoms with Crippen molar-refractivity contribution >= 4 is 23.0 Å². The van der Waals surface area contributed by atoms with Gasteiger partial charge in [0.2, 0.25) is 5.78 Å². The lowest BCUT2D eigenvalue weighted by Gasteiger charge is -2.07. The molecule has 3 heterocycles. The maximum Gasteiger partial charge on any atom is 0.285 e. The zero-order valence-electron chi connectivity index (χ0n) is 16.0. The molecule has 0 atom stereocenters. The van der Waals surface area contributed by atoms with E-state index in [-0.39, 0.29) is 5.56 Å². The molecule has 0 fully saturated rings. The minimum Gasteiger partial charge on any atom is -0.320 e. The van der Waals surface area contributed by atoms with Crippen molar-refractivity contribution < 1.29 is 0 Å². The van der Waals surface area contributed by atoms with Gasteiger partial charge in [0.1, 0.15) is 0 Å². The lowest BCUT2D eigenvalue weighted by Crippen LogP contribution is -2.21. The van der Waals surface area contributed by atoms with Crippen LogP contribution in [0, 0.1) is 12.8 Å². The minimum atomic E-state index is -0.0827. The summed E-state index contributed by atoms with van der Waals surface area (Å²) < 4.78 is 5.49. The van der Waals surface area contributed by atoms with Crippen LogP contribution in [0.1, 0.15) is 30.8 Å². The van der Waals surface area contributed by atoms with E-state index in [1.165, 1.54) is 0 Å². The fraction of sp³-hybridized carbons (Fsp3) is 0.286. The lowest BCUT2D eigenvalue weighted by molar-refractivity contribution is 0.813. The Morgan fingerprint density at radius 3 is 2.63 bits per heavy atom. The van der Waals surface area contributed by atoms with Gasteiger partial charge in [-0.2, -0.15) is 0 Å². The van der Waals surface area contributed by atoms with Gasteiger partial charge in [-0.1, -0.05) is 50.3 Å². The Morgan fingerprint density at radius 2 is 1.93 bits per heavy atom. The fourth-order valence-corrected chi connectivity index (χ4v) is 3.35. The Hall–Kier alpha value is -3.15. The zero-order valence-corrected chi connectivity index (χ0v) is 16.0. The highest BCUT2D eigenvalue weighted by molar-refractivity contribution is 5.74. The third kappa shape index (κ3) is 2.87. The van der Waals surface area contributed by atoms with Gasteiger partial charge in [0.05, 0.1) is 17.7 Å². The Morgan fingerprint density at radius 1 is 1.19 bits per heavy atom. The predicted octanol–water partition coefficient (Wildman–Crippen LogP) is 3.41. The second-order valence-electron chi connectivity index (χ2n) is 7.22. The molecule has 27 heavy (non-hydrogen) atoms. The third-order valence-electron chi connectivity index (χ3n) is 4.80. The average Bonchev–Trinajstić information content (AvgIpc) is 3.21. The summed E-state index contributed by atoms with van der Waals surface area (Å²) in [5, 5.41) is 0. The molecule has 4 aromatic rings. The lowest BCUT2D eigenvalue weighted by atomic mass is 10.2. The highest BCUT2D eigenvalue weighted by Gasteiger charge is 2.18. The molecule has 3 aromatic heterocycles. The van der Waals surface area contributed by atoms with Crippen LogP contribution in [-0.2, 0) is 13.6 Å². The first-order valence-corrected chi connectivity index (χ1v) is 9.12. The Kier molecular flexibility index (Phi) is 4.18. The van der Waals surface area contributed by atoms with Crippen LogP contribution < -0.4 is 5.56 Å². The van der Waals surface area contributed by atoms with E-state index in [2.05, 4.69) is 29.9 Å². The van der Waals surface area contributed by atoms with E-state index in [0.717, 1.165) is 17.0 Å². The Bertz CT molecular complexity index is 1210. The summed E-state index contributed by atoms with van der Waals surface area (Å²) in [6, 6.07) is 10.1. The summed E-state index contributed by atoms with van der Waals surface area (Å²) >= 11 is 0. The van der Waals surface area contributed by atoms with Crippen molar-refractivity contribution in [3.8, 4) is 0 Å². The smallest absolute Gasteiger partial charge is 0.285 e. The van der Waals surface area contributed by atoms with Crippen LogP contribution in [0.5, 0.6) is 0 Å². The molecule has 0 aliphatic carbocycles. The average molecular weight is 361 g/mol. The molecule has 0 aliphatic heterocycles. The van der Waals surface area contributed by atoms with Crippen LogP contribution in [0.15, 0.2) is 47.5 Å². The zero-order chi connectivity index (χ0) is 19.1. The molecule has 0 unspecified atom stereocenters. The monoisotopic (exact) mass is 361 g/mol. The van der Waals surface area contributed by atoms with Crippen molar-refractivity contribution in [1.29, 1.82) is 0 Å². The summed E-state index contributed by atoms with van der Waals surface area (Å²) in [5.74, 6) is 1.03. The molecule has 0 saturated carbocycles. The number of allylic oxidation sites excluding steroid dienone is 1. The first-order chi connectivity index (χ1) is 13.0. The second kappa shape index (κ2) is 6.54. The van der Waals surface area contributed by atoms with E-state index in [1.54, 1.807) is 10.7 Å². The van der Waals surface area contributed by atoms with Gasteiger partial charge in [-0.3, -0.25) is 9.36 Å². The SMILES string of the molecule is Cc1c(/C=C/C(C)C)nc2n(C)c3ncn(Cc4ccccc4)c3c(=O)n12. The summed E-state index contributed by atoms with van der Waals surface area (Å²) in [7, 11) is 1.90. The van der Waals surface area contributed by atoms with Crippen molar-refractivity contribution in [2.75, 3.05) is 0 Å². The van der Waals surface area contributed by atoms with Crippen LogP contribution in [0.3, 0.4) is 0 Å². The third-order valence-corrected chi connectivity index (χ3v) is 4.80. The van der Waals surface area contributed by atoms with Gasteiger partial charge in [0.15, 0.2) is 11.2 Å². The molecule has 0 N–H and O–H groups in total. The normalized spacial score (nSPS) is 12.2. The maximum atomic E-state index is 13.3. The highest BCUT2D eigenvalue weighted by atomic mass is 16.1. The summed E-state index contributed by atoms with van der Waals surface area (Å²) in [5.41, 5.74) is 3.94. The predicted molar refractivity (Wildman–Crippen MR) is 108 cm³/mol. The van der Waals surface area contributed by atoms with E-state index in [1.807, 2.05) is 59.5 Å². The van der Waals surface area contributed by atoms with Crippen molar-refractivity contribution in [1.82, 2.24) is 23.5 Å². The number of benzene rings is 1. The maximum absolute atomic E-state index is 13.3. The second-order valence-corrected chi connectivity index (χ2v) is 7.22. The van der Waals surface area contributed by atoms with Crippen molar-refractivity contribution in [2.24, 2.45) is 13.0 Å². The van der Waals surface area contributed by atoms with Crippen molar-refractivity contribution in [2.45, 2.75) is 27.3 Å². The van der Waals surface area contributed by atoms with E-state index in [9.17, 15) is 4.79 Å². The van der Waals surface area contributed by atoms with Gasteiger partial charge in [-0.15, -0.1) is 0 Å². The topological polar surface area (TPSA) is 57.1 Å². The Balaban J connectivity index is 1.94. The first kappa shape index (κ1) is 17.3. The number of aromatic nitrogens is 5. The number of aryl methyl sites for hydroxylation is 2. The summed E-state index contributed by atoms with van der Waals surface area (Å²) in [4.78, 5) is 22.5. The number of rotatable bonds is 4. The van der Waals surface area contributed by atoms with Crippen LogP contribution in [0.25, 0.3) is 23.0 Å². The molecule has 0 spiro atoms. The van der Waals surface area contributed by atoms with Crippen LogP contribution in [0.2, 0.25) is 0 Å². The molecule has 0 aliphatic rings. The highest BCUT2D eigenvalue weighted by Crippen LogP contribution is 2.17. The van der Waals surface area contributed by atoms with E-state index < -0.39 is 0 Å². The van der Waals surface area contributed by atoms with E-state index in [0.29, 0.717) is 29.4 Å². The fourth-order valence-electron chi connectivity index (χ4n) is 3.35. The van der Waals surface area contributed by atoms with E-state index in [4.69, 9.17) is 0 Å². The molecule has 4 rings (SSSR count). The van der Waals surface area contributed by atoms with Crippen LogP contribution in [-0.4, -0.2) is 23.5 Å². The van der Waals surface area contributed by atoms with Crippen molar-refractivity contribution in [3.63, 3.8) is 0 Å². The number of fused-ring (bicyclic) bond motifs is 2. The largest absolute Gasteiger partial charge is 0.320 e. The van der Waals surface area contributed by atoms with Crippen LogP contribution >= 0.6 is 0 Å². The minimum absolute atomic E-state index is 0.0827. The summed E-state index contributed by atoms with van der Waals surface area (Å²) in [6.45, 7) is 6.77. The van der Waals surface area contributed by atoms with Gasteiger partial charge < -0.3 is 4.57 Å².